The first-order chi connectivity index (χ1) is 5.12. The summed E-state index contributed by atoms with van der Waals surface area (Å²) in [6, 6.07) is 0. The second-order valence-electron chi connectivity index (χ2n) is 2.89. The second-order valence-corrected chi connectivity index (χ2v) is 3.70. The van der Waals surface area contributed by atoms with E-state index in [0.29, 0.717) is 0 Å². The number of halogens is 2. The van der Waals surface area contributed by atoms with Gasteiger partial charge in [-0.1, -0.05) is 19.3 Å². The molecule has 1 saturated carbocycles. The Balaban J connectivity index is 0.000000292. The molecule has 1 fully saturated rings. The second kappa shape index (κ2) is 6.06. The van der Waals surface area contributed by atoms with Crippen molar-refractivity contribution in [1.82, 2.24) is 0 Å². The molecule has 0 aromatic heterocycles. The zero-order chi connectivity index (χ0) is 8.74. The lowest BCUT2D eigenvalue weighted by molar-refractivity contribution is 0.306. The lowest BCUT2D eigenvalue weighted by atomic mass is 9.91. The molecule has 1 rings (SSSR count). The summed E-state index contributed by atoms with van der Waals surface area (Å²) in [4.78, 5) is 0. The Morgan fingerprint density at radius 2 is 1.36 bits per heavy atom. The zero-order valence-corrected chi connectivity index (χ0v) is 8.17. The van der Waals surface area contributed by atoms with Gasteiger partial charge in [-0.15, -0.1) is 23.2 Å². The summed E-state index contributed by atoms with van der Waals surface area (Å²) in [6.07, 6.45) is 5.76. The monoisotopic (exact) mass is 198 g/mol. The highest BCUT2D eigenvalue weighted by molar-refractivity contribution is 6.40. The van der Waals surface area contributed by atoms with Gasteiger partial charge in [0.05, 0.1) is 11.0 Å². The van der Waals surface area contributed by atoms with Crippen LogP contribution in [0.1, 0.15) is 32.1 Å². The normalized spacial score (nSPS) is 21.8. The number of alkyl halides is 2. The molecule has 1 aliphatic carbocycles. The summed E-state index contributed by atoms with van der Waals surface area (Å²) in [7, 11) is 0. The van der Waals surface area contributed by atoms with Crippen LogP contribution in [0, 0.1) is 0 Å². The van der Waals surface area contributed by atoms with Gasteiger partial charge in [0.15, 0.2) is 0 Å². The van der Waals surface area contributed by atoms with E-state index in [1.54, 1.807) is 0 Å². The third kappa shape index (κ3) is 6.88. The predicted molar refractivity (Wildman–Crippen MR) is 50.8 cm³/mol. The van der Waals surface area contributed by atoms with Crippen LogP contribution in [0.5, 0.6) is 0 Å². The molecule has 0 unspecified atom stereocenters. The first-order valence-electron chi connectivity index (χ1n) is 3.82. The first kappa shape index (κ1) is 11.5. The largest absolute Gasteiger partial charge is 0.313 e. The number of nitrogens with two attached hydrogens (primary N) is 2. The molecule has 2 nitrogen and oxygen atoms in total. The lowest BCUT2D eigenvalue weighted by Crippen LogP contribution is -2.50. The van der Waals surface area contributed by atoms with Gasteiger partial charge in [-0.05, 0) is 12.8 Å². The van der Waals surface area contributed by atoms with Gasteiger partial charge in [0, 0.05) is 0 Å². The van der Waals surface area contributed by atoms with Crippen molar-refractivity contribution in [3.63, 3.8) is 0 Å². The van der Waals surface area contributed by atoms with Crippen molar-refractivity contribution in [3.05, 3.63) is 0 Å². The zero-order valence-electron chi connectivity index (χ0n) is 6.65. The van der Waals surface area contributed by atoms with E-state index >= 15 is 0 Å². The predicted octanol–water partition coefficient (Wildman–Crippen LogP) is 1.99. The van der Waals surface area contributed by atoms with Gasteiger partial charge in [0.1, 0.15) is 0 Å². The smallest absolute Gasteiger partial charge is 0.0967 e. The van der Waals surface area contributed by atoms with Crippen LogP contribution in [0.2, 0.25) is 0 Å². The van der Waals surface area contributed by atoms with Gasteiger partial charge in [-0.2, -0.15) is 0 Å². The maximum atomic E-state index is 5.66. The van der Waals surface area contributed by atoms with Gasteiger partial charge in [-0.25, -0.2) is 0 Å². The summed E-state index contributed by atoms with van der Waals surface area (Å²) in [5, 5.41) is 0.194. The van der Waals surface area contributed by atoms with Crippen molar-refractivity contribution in [2.75, 3.05) is 5.34 Å². The Morgan fingerprint density at radius 1 is 1.00 bits per heavy atom. The standard InChI is InChI=1S/C6H14N2.CH2Cl2/c7-6(8)4-2-1-3-5-6;2-1-3/h1-5,7-8H2;1H2. The highest BCUT2D eigenvalue weighted by atomic mass is 35.5. The summed E-state index contributed by atoms with van der Waals surface area (Å²) in [5.74, 6) is 0. The van der Waals surface area contributed by atoms with Crippen LogP contribution in [0.25, 0.3) is 0 Å². The van der Waals surface area contributed by atoms with Crippen LogP contribution in [-0.2, 0) is 0 Å². The van der Waals surface area contributed by atoms with Gasteiger partial charge in [0.2, 0.25) is 0 Å². The Bertz CT molecular complexity index is 88.4. The average molecular weight is 199 g/mol. The minimum atomic E-state index is -0.321. The van der Waals surface area contributed by atoms with Crippen molar-refractivity contribution in [1.29, 1.82) is 0 Å². The fraction of sp³-hybridized carbons (Fsp3) is 1.00. The molecular formula is C7H16Cl2N2. The molecular weight excluding hydrogens is 183 g/mol. The van der Waals surface area contributed by atoms with E-state index in [0.717, 1.165) is 12.8 Å². The molecule has 0 radical (unpaired) electrons. The fourth-order valence-corrected chi connectivity index (χ4v) is 1.21. The topological polar surface area (TPSA) is 52.0 Å². The van der Waals surface area contributed by atoms with Crippen molar-refractivity contribution in [2.45, 2.75) is 37.8 Å². The fourth-order valence-electron chi connectivity index (χ4n) is 1.21. The lowest BCUT2D eigenvalue weighted by Gasteiger charge is -2.28. The van der Waals surface area contributed by atoms with Crippen molar-refractivity contribution >= 4 is 23.2 Å². The van der Waals surface area contributed by atoms with Crippen LogP contribution in [0.4, 0.5) is 0 Å². The highest BCUT2D eigenvalue weighted by Gasteiger charge is 2.21. The molecule has 0 aliphatic heterocycles. The van der Waals surface area contributed by atoms with E-state index in [9.17, 15) is 0 Å². The molecule has 0 spiro atoms. The van der Waals surface area contributed by atoms with Gasteiger partial charge in [-0.3, -0.25) is 0 Å². The molecule has 68 valence electrons. The maximum Gasteiger partial charge on any atom is 0.0967 e. The van der Waals surface area contributed by atoms with Crippen LogP contribution >= 0.6 is 23.2 Å². The van der Waals surface area contributed by atoms with Crippen molar-refractivity contribution in [2.24, 2.45) is 11.5 Å². The van der Waals surface area contributed by atoms with E-state index < -0.39 is 0 Å². The molecule has 0 saturated heterocycles. The van der Waals surface area contributed by atoms with Gasteiger partial charge >= 0.3 is 0 Å². The minimum absolute atomic E-state index is 0.194. The van der Waals surface area contributed by atoms with Crippen LogP contribution < -0.4 is 11.5 Å². The van der Waals surface area contributed by atoms with Crippen molar-refractivity contribution in [3.8, 4) is 0 Å². The number of hydrogen-bond acceptors (Lipinski definition) is 2. The summed E-state index contributed by atoms with van der Waals surface area (Å²) >= 11 is 9.53. The molecule has 0 heterocycles. The summed E-state index contributed by atoms with van der Waals surface area (Å²) in [5.41, 5.74) is 11.0. The molecule has 0 amide bonds. The van der Waals surface area contributed by atoms with Crippen LogP contribution in [0.3, 0.4) is 0 Å². The Kier molecular flexibility index (Phi) is 6.34. The average Bonchev–Trinajstić information content (AvgIpc) is 1.88. The molecule has 4 N–H and O–H groups in total. The molecule has 0 atom stereocenters. The number of hydrogen-bond donors (Lipinski definition) is 2. The number of rotatable bonds is 0. The quantitative estimate of drug-likeness (QED) is 0.463. The molecule has 1 aliphatic rings. The van der Waals surface area contributed by atoms with Gasteiger partial charge < -0.3 is 11.5 Å². The molecule has 0 aromatic carbocycles. The Morgan fingerprint density at radius 3 is 1.55 bits per heavy atom. The summed E-state index contributed by atoms with van der Waals surface area (Å²) < 4.78 is 0. The van der Waals surface area contributed by atoms with Gasteiger partial charge in [0.25, 0.3) is 0 Å². The van der Waals surface area contributed by atoms with E-state index in [-0.39, 0.29) is 11.0 Å². The van der Waals surface area contributed by atoms with E-state index in [2.05, 4.69) is 0 Å². The molecule has 4 heteroatoms. The van der Waals surface area contributed by atoms with Crippen LogP contribution in [-0.4, -0.2) is 11.0 Å². The van der Waals surface area contributed by atoms with E-state index in [1.165, 1.54) is 19.3 Å². The van der Waals surface area contributed by atoms with Crippen LogP contribution in [0.15, 0.2) is 0 Å². The Hall–Kier alpha value is 0.500. The molecule has 0 bridgehead atoms. The van der Waals surface area contributed by atoms with E-state index in [1.807, 2.05) is 0 Å². The Labute approximate surface area is 78.2 Å². The third-order valence-corrected chi connectivity index (χ3v) is 1.78. The summed E-state index contributed by atoms with van der Waals surface area (Å²) in [6.45, 7) is 0. The highest BCUT2D eigenvalue weighted by Crippen LogP contribution is 2.20. The minimum Gasteiger partial charge on any atom is -0.313 e. The third-order valence-electron chi connectivity index (χ3n) is 1.78. The molecule has 0 aromatic rings. The maximum absolute atomic E-state index is 5.66. The SMILES string of the molecule is ClCCl.NC1(N)CCCCC1. The van der Waals surface area contributed by atoms with Crippen molar-refractivity contribution < 1.29 is 0 Å². The van der Waals surface area contributed by atoms with E-state index in [4.69, 9.17) is 34.7 Å². The molecule has 11 heavy (non-hydrogen) atoms. The first-order valence-corrected chi connectivity index (χ1v) is 4.89.